The van der Waals surface area contributed by atoms with E-state index in [9.17, 15) is 19.9 Å². The van der Waals surface area contributed by atoms with Crippen LogP contribution in [0.1, 0.15) is 11.8 Å². The zero-order chi connectivity index (χ0) is 25.3. The van der Waals surface area contributed by atoms with Crippen LogP contribution in [-0.4, -0.2) is 83.8 Å². The number of fused-ring (bicyclic) bond motifs is 1. The van der Waals surface area contributed by atoms with Gasteiger partial charge in [0, 0.05) is 18.2 Å². The fourth-order valence-corrected chi connectivity index (χ4v) is 4.00. The third-order valence-electron chi connectivity index (χ3n) is 5.41. The van der Waals surface area contributed by atoms with E-state index in [1.807, 2.05) is 0 Å². The highest BCUT2D eigenvalue weighted by Gasteiger charge is 2.45. The number of hydrogen-bond acceptors (Lipinski definition) is 12. The summed E-state index contributed by atoms with van der Waals surface area (Å²) in [6, 6.07) is 3.18. The number of methoxy groups -OCH3 is 2. The lowest BCUT2D eigenvalue weighted by Crippen LogP contribution is -2.33. The van der Waals surface area contributed by atoms with Crippen LogP contribution in [0.25, 0.3) is 11.2 Å². The number of aliphatic hydroxyl groups is 2. The van der Waals surface area contributed by atoms with Crippen LogP contribution < -0.4 is 14.8 Å². The first-order valence-corrected chi connectivity index (χ1v) is 11.7. The Balaban J connectivity index is 1.56. The molecule has 4 rings (SSSR count). The molecule has 190 valence electrons. The zero-order valence-corrected chi connectivity index (χ0v) is 19.4. The van der Waals surface area contributed by atoms with Gasteiger partial charge in [0.25, 0.3) is 0 Å². The van der Waals surface area contributed by atoms with E-state index in [0.717, 1.165) is 0 Å². The van der Waals surface area contributed by atoms with Gasteiger partial charge in [-0.15, -0.1) is 0 Å². The smallest absolute Gasteiger partial charge is 0.469 e. The summed E-state index contributed by atoms with van der Waals surface area (Å²) in [6.45, 7) is -0.512. The molecule has 1 aromatic carbocycles. The topological polar surface area (TPSA) is 211 Å². The Hall–Kier alpha value is -3.04. The highest BCUT2D eigenvalue weighted by atomic mass is 31.2. The number of phenolic OH excluding ortho intramolecular Hbond substituents is 1. The molecule has 0 unspecified atom stereocenters. The Labute approximate surface area is 198 Å². The summed E-state index contributed by atoms with van der Waals surface area (Å²) >= 11 is 0. The van der Waals surface area contributed by atoms with Crippen LogP contribution in [0.15, 0.2) is 24.8 Å². The lowest BCUT2D eigenvalue weighted by Gasteiger charge is -2.16. The van der Waals surface area contributed by atoms with Crippen molar-refractivity contribution in [2.45, 2.75) is 31.1 Å². The highest BCUT2D eigenvalue weighted by Crippen LogP contribution is 2.39. The van der Waals surface area contributed by atoms with E-state index >= 15 is 0 Å². The molecule has 0 saturated carbocycles. The molecule has 0 bridgehead atoms. The second-order valence-electron chi connectivity index (χ2n) is 7.57. The highest BCUT2D eigenvalue weighted by molar-refractivity contribution is 7.46. The maximum absolute atomic E-state index is 11.0. The first kappa shape index (κ1) is 25.1. The number of nitrogens with one attached hydrogen (secondary N) is 1. The number of imidazole rings is 1. The fourth-order valence-electron chi connectivity index (χ4n) is 3.66. The number of ether oxygens (including phenoxy) is 3. The van der Waals surface area contributed by atoms with Gasteiger partial charge in [-0.05, 0) is 6.07 Å². The molecule has 0 radical (unpaired) electrons. The molecule has 16 heteroatoms. The number of aliphatic hydroxyl groups excluding tert-OH is 2. The van der Waals surface area contributed by atoms with Crippen molar-refractivity contribution in [3.63, 3.8) is 0 Å². The minimum atomic E-state index is -4.79. The fraction of sp³-hybridized carbons (Fsp3) is 0.421. The van der Waals surface area contributed by atoms with Crippen LogP contribution in [-0.2, 0) is 20.4 Å². The number of rotatable bonds is 9. The molecule has 35 heavy (non-hydrogen) atoms. The molecule has 0 spiro atoms. The van der Waals surface area contributed by atoms with E-state index in [4.69, 9.17) is 24.0 Å². The van der Waals surface area contributed by atoms with E-state index in [0.29, 0.717) is 22.6 Å². The van der Waals surface area contributed by atoms with E-state index < -0.39 is 39.0 Å². The number of aromatic nitrogens is 4. The molecule has 1 fully saturated rings. The van der Waals surface area contributed by atoms with Crippen LogP contribution in [0.3, 0.4) is 0 Å². The molecule has 4 atom stereocenters. The Morgan fingerprint density at radius 3 is 2.60 bits per heavy atom. The quantitative estimate of drug-likeness (QED) is 0.206. The standard InChI is InChI=1S/C19H24N5O10P/c1-31-10-3-9(14(25)11(4-10)32-2)5-20-17-13-18(22-7-21-17)24(8-23-13)19-16(27)15(26)12(34-19)6-33-35(28,29)30/h3-4,7-8,12,15-16,19,25-27H,5-6H2,1-2H3,(H,20,21,22)(H2,28,29,30)/t12-,15-,16-,19-/m1/s1. The summed E-state index contributed by atoms with van der Waals surface area (Å²) in [6.07, 6.45) is -2.72. The van der Waals surface area contributed by atoms with Crippen molar-refractivity contribution in [1.29, 1.82) is 0 Å². The minimum Gasteiger partial charge on any atom is -0.504 e. The number of aromatic hydroxyl groups is 1. The van der Waals surface area contributed by atoms with Gasteiger partial charge in [-0.25, -0.2) is 19.5 Å². The minimum absolute atomic E-state index is 0.0725. The first-order chi connectivity index (χ1) is 16.6. The second-order valence-corrected chi connectivity index (χ2v) is 8.81. The van der Waals surface area contributed by atoms with Gasteiger partial charge in [0.15, 0.2) is 34.7 Å². The molecular formula is C19H24N5O10P. The molecular weight excluding hydrogens is 489 g/mol. The maximum atomic E-state index is 11.0. The van der Waals surface area contributed by atoms with Crippen molar-refractivity contribution in [2.75, 3.05) is 26.1 Å². The summed E-state index contributed by atoms with van der Waals surface area (Å²) < 4.78 is 32.7. The first-order valence-electron chi connectivity index (χ1n) is 10.2. The average molecular weight is 513 g/mol. The number of phosphoric acid groups is 1. The Kier molecular flexibility index (Phi) is 7.10. The van der Waals surface area contributed by atoms with Gasteiger partial charge in [0.1, 0.15) is 30.4 Å². The van der Waals surface area contributed by atoms with Gasteiger partial charge in [0.05, 0.1) is 27.2 Å². The lowest BCUT2D eigenvalue weighted by atomic mass is 10.1. The van der Waals surface area contributed by atoms with Crippen LogP contribution >= 0.6 is 7.82 Å². The summed E-state index contributed by atoms with van der Waals surface area (Å²) in [5, 5.41) is 34.2. The predicted octanol–water partition coefficient (Wildman–Crippen LogP) is -0.110. The molecule has 1 saturated heterocycles. The van der Waals surface area contributed by atoms with E-state index in [-0.39, 0.29) is 23.7 Å². The molecule has 2 aromatic heterocycles. The molecule has 3 aromatic rings. The molecule has 15 nitrogen and oxygen atoms in total. The summed E-state index contributed by atoms with van der Waals surface area (Å²) in [5.41, 5.74) is 1.03. The number of phenols is 1. The monoisotopic (exact) mass is 513 g/mol. The maximum Gasteiger partial charge on any atom is 0.469 e. The second kappa shape index (κ2) is 9.91. The third-order valence-corrected chi connectivity index (χ3v) is 5.89. The third kappa shape index (κ3) is 5.16. The molecule has 1 aliphatic heterocycles. The molecule has 0 amide bonds. The largest absolute Gasteiger partial charge is 0.504 e. The van der Waals surface area contributed by atoms with Gasteiger partial charge < -0.3 is 44.6 Å². The van der Waals surface area contributed by atoms with Crippen LogP contribution in [0.4, 0.5) is 5.82 Å². The molecule has 3 heterocycles. The molecule has 1 aliphatic rings. The van der Waals surface area contributed by atoms with Gasteiger partial charge in [-0.1, -0.05) is 0 Å². The summed E-state index contributed by atoms with van der Waals surface area (Å²) in [5.74, 6) is 0.958. The van der Waals surface area contributed by atoms with Gasteiger partial charge in [-0.2, -0.15) is 0 Å². The summed E-state index contributed by atoms with van der Waals surface area (Å²) in [4.78, 5) is 30.4. The SMILES string of the molecule is COc1cc(CNc2ncnc3c2ncn3[C@@H]2O[C@H](COP(=O)(O)O)[C@@H](O)[C@H]2O)c(O)c(OC)c1. The zero-order valence-electron chi connectivity index (χ0n) is 18.5. The van der Waals surface area contributed by atoms with Crippen molar-refractivity contribution >= 4 is 24.8 Å². The summed E-state index contributed by atoms with van der Waals surface area (Å²) in [7, 11) is -1.88. The van der Waals surface area contributed by atoms with E-state index in [1.54, 1.807) is 12.1 Å². The van der Waals surface area contributed by atoms with Gasteiger partial charge >= 0.3 is 7.82 Å². The molecule has 0 aliphatic carbocycles. The Morgan fingerprint density at radius 2 is 1.91 bits per heavy atom. The number of nitrogens with zero attached hydrogens (tertiary/aromatic N) is 4. The number of phosphoric ester groups is 1. The van der Waals surface area contributed by atoms with Crippen LogP contribution in [0.5, 0.6) is 17.2 Å². The van der Waals surface area contributed by atoms with Crippen molar-refractivity contribution in [2.24, 2.45) is 0 Å². The van der Waals surface area contributed by atoms with Gasteiger partial charge in [-0.3, -0.25) is 9.09 Å². The Bertz CT molecular complexity index is 1250. The number of benzene rings is 1. The molecule has 6 N–H and O–H groups in total. The van der Waals surface area contributed by atoms with Crippen molar-refractivity contribution in [1.82, 2.24) is 19.5 Å². The van der Waals surface area contributed by atoms with Crippen LogP contribution in [0, 0.1) is 0 Å². The average Bonchev–Trinajstić information content (AvgIpc) is 3.38. The van der Waals surface area contributed by atoms with E-state index in [2.05, 4.69) is 24.8 Å². The lowest BCUT2D eigenvalue weighted by molar-refractivity contribution is -0.0504. The number of anilines is 1. The normalized spacial score (nSPS) is 22.5. The van der Waals surface area contributed by atoms with Crippen molar-refractivity contribution in [3.05, 3.63) is 30.4 Å². The predicted molar refractivity (Wildman–Crippen MR) is 118 cm³/mol. The van der Waals surface area contributed by atoms with E-state index in [1.165, 1.54) is 31.4 Å². The van der Waals surface area contributed by atoms with Crippen molar-refractivity contribution < 1.29 is 48.4 Å². The number of hydrogen-bond donors (Lipinski definition) is 6. The van der Waals surface area contributed by atoms with Gasteiger partial charge in [0.2, 0.25) is 0 Å². The van der Waals surface area contributed by atoms with Crippen LogP contribution in [0.2, 0.25) is 0 Å². The van der Waals surface area contributed by atoms with Crippen molar-refractivity contribution in [3.8, 4) is 17.2 Å². The Morgan fingerprint density at radius 1 is 1.14 bits per heavy atom.